The maximum Gasteiger partial charge on any atom is 0.410 e. The quantitative estimate of drug-likeness (QED) is 0.154. The number of ether oxygens (including phenoxy) is 1. The van der Waals surface area contributed by atoms with Crippen molar-refractivity contribution in [3.05, 3.63) is 52.0 Å². The summed E-state index contributed by atoms with van der Waals surface area (Å²) in [5, 5.41) is 28.7. The number of nitrogens with zero attached hydrogens (tertiary/aromatic N) is 3. The number of likely N-dealkylation sites (tertiary alicyclic amines) is 1. The number of carbonyl (C=O) groups excluding carboxylic acids is 4. The van der Waals surface area contributed by atoms with Gasteiger partial charge in [0, 0.05) is 37.5 Å². The van der Waals surface area contributed by atoms with E-state index in [1.807, 2.05) is 58.0 Å². The number of carboxylic acids is 1. The number of amides is 4. The smallest absolute Gasteiger partial charge is 0.410 e. The number of aliphatic hydroxyl groups is 1. The van der Waals surface area contributed by atoms with Crippen LogP contribution in [0.2, 0.25) is 0 Å². The Morgan fingerprint density at radius 1 is 1.04 bits per heavy atom. The number of aromatic nitrogens is 1. The Bertz CT molecular complexity index is 1560. The third-order valence-corrected chi connectivity index (χ3v) is 11.0. The summed E-state index contributed by atoms with van der Waals surface area (Å²) in [5.74, 6) is -3.09. The Kier molecular flexibility index (Phi) is 16.5. The molecule has 0 bridgehead atoms. The highest BCUT2D eigenvalue weighted by atomic mass is 32.1. The molecule has 0 radical (unpaired) electrons. The largest absolute Gasteiger partial charge is 0.481 e. The Hall–Kier alpha value is -4.04. The molecule has 7 atom stereocenters. The lowest BCUT2D eigenvalue weighted by Crippen LogP contribution is -2.59. The molecular formula is C40H61N5O8S. The van der Waals surface area contributed by atoms with Crippen molar-refractivity contribution in [3.63, 3.8) is 0 Å². The second-order valence-electron chi connectivity index (χ2n) is 16.0. The number of aliphatic carboxylic acids is 1. The van der Waals surface area contributed by atoms with Gasteiger partial charge in [0.2, 0.25) is 11.8 Å². The third kappa shape index (κ3) is 12.8. The van der Waals surface area contributed by atoms with Gasteiger partial charge in [-0.3, -0.25) is 24.1 Å². The summed E-state index contributed by atoms with van der Waals surface area (Å²) < 4.78 is 5.58. The number of carbonyl (C=O) groups is 5. The molecule has 14 heteroatoms. The van der Waals surface area contributed by atoms with E-state index in [0.29, 0.717) is 30.8 Å². The summed E-state index contributed by atoms with van der Waals surface area (Å²) in [6.07, 6.45) is 1.77. The van der Waals surface area contributed by atoms with Gasteiger partial charge in [0.05, 0.1) is 5.92 Å². The van der Waals surface area contributed by atoms with Crippen molar-refractivity contribution in [1.29, 1.82) is 0 Å². The SMILES string of the molecule is CC[C@H](C)[C@H](NC(=O)C1CCCCN1C(=O)OC(C)(C)C)C(=O)N(C)[C@H](C[C@@H](O)c1nc(C(=O)N[C@@H](Cc2ccccc2)C[C@H](C)C(=O)O)cs1)C(C)C. The van der Waals surface area contributed by atoms with Crippen LogP contribution < -0.4 is 10.6 Å². The highest BCUT2D eigenvalue weighted by molar-refractivity contribution is 7.09. The normalized spacial score (nSPS) is 18.1. The lowest BCUT2D eigenvalue weighted by molar-refractivity contribution is -0.141. The molecule has 4 amide bonds. The molecule has 2 aromatic rings. The summed E-state index contributed by atoms with van der Waals surface area (Å²) in [4.78, 5) is 73.4. The average molecular weight is 772 g/mol. The van der Waals surface area contributed by atoms with Crippen LogP contribution in [0.3, 0.4) is 0 Å². The van der Waals surface area contributed by atoms with E-state index >= 15 is 0 Å². The zero-order valence-electron chi connectivity index (χ0n) is 33.3. The minimum atomic E-state index is -1.09. The van der Waals surface area contributed by atoms with Crippen LogP contribution in [0, 0.1) is 17.8 Å². The van der Waals surface area contributed by atoms with Crippen LogP contribution in [0.25, 0.3) is 0 Å². The fourth-order valence-electron chi connectivity index (χ4n) is 6.69. The van der Waals surface area contributed by atoms with Crippen molar-refractivity contribution >= 4 is 41.1 Å². The molecule has 1 aromatic carbocycles. The molecule has 1 aliphatic heterocycles. The minimum absolute atomic E-state index is 0.0828. The Balaban J connectivity index is 1.73. The highest BCUT2D eigenvalue weighted by Gasteiger charge is 2.39. The molecular weight excluding hydrogens is 711 g/mol. The molecule has 3 rings (SSSR count). The summed E-state index contributed by atoms with van der Waals surface area (Å²) in [6.45, 7) is 15.1. The molecule has 1 aliphatic rings. The maximum absolute atomic E-state index is 14.2. The molecule has 0 aliphatic carbocycles. The molecule has 1 saturated heterocycles. The summed E-state index contributed by atoms with van der Waals surface area (Å²) in [6, 6.07) is 6.98. The van der Waals surface area contributed by atoms with Gasteiger partial charge in [-0.1, -0.05) is 71.4 Å². The molecule has 13 nitrogen and oxygen atoms in total. The van der Waals surface area contributed by atoms with Gasteiger partial charge >= 0.3 is 12.1 Å². The van der Waals surface area contributed by atoms with E-state index in [1.165, 1.54) is 4.90 Å². The molecule has 54 heavy (non-hydrogen) atoms. The summed E-state index contributed by atoms with van der Waals surface area (Å²) in [5.41, 5.74) is 0.355. The lowest BCUT2D eigenvalue weighted by atomic mass is 9.92. The van der Waals surface area contributed by atoms with E-state index in [0.717, 1.165) is 29.7 Å². The van der Waals surface area contributed by atoms with Crippen LogP contribution in [0.1, 0.15) is 121 Å². The van der Waals surface area contributed by atoms with E-state index in [2.05, 4.69) is 15.6 Å². The van der Waals surface area contributed by atoms with Crippen molar-refractivity contribution in [2.45, 2.75) is 136 Å². The molecule has 0 spiro atoms. The number of nitrogens with one attached hydrogen (secondary N) is 2. The Morgan fingerprint density at radius 2 is 1.70 bits per heavy atom. The van der Waals surface area contributed by atoms with E-state index in [4.69, 9.17) is 4.74 Å². The lowest BCUT2D eigenvalue weighted by Gasteiger charge is -2.39. The van der Waals surface area contributed by atoms with Crippen LogP contribution in [-0.4, -0.2) is 98.1 Å². The number of aliphatic hydroxyl groups excluding tert-OH is 1. The second-order valence-corrected chi connectivity index (χ2v) is 16.9. The zero-order valence-corrected chi connectivity index (χ0v) is 34.2. The van der Waals surface area contributed by atoms with E-state index in [-0.39, 0.29) is 36.3 Å². The number of piperidine rings is 1. The van der Waals surface area contributed by atoms with Gasteiger partial charge in [-0.15, -0.1) is 11.3 Å². The van der Waals surface area contributed by atoms with Gasteiger partial charge < -0.3 is 30.5 Å². The fraction of sp³-hybridized carbons (Fsp3) is 0.650. The number of rotatable bonds is 17. The predicted molar refractivity (Wildman–Crippen MR) is 208 cm³/mol. The summed E-state index contributed by atoms with van der Waals surface area (Å²) >= 11 is 1.14. The number of benzene rings is 1. The topological polar surface area (TPSA) is 178 Å². The van der Waals surface area contributed by atoms with Crippen molar-refractivity contribution in [2.24, 2.45) is 17.8 Å². The molecule has 1 fully saturated rings. The van der Waals surface area contributed by atoms with Crippen molar-refractivity contribution < 1.29 is 38.9 Å². The van der Waals surface area contributed by atoms with Crippen molar-refractivity contribution in [1.82, 2.24) is 25.4 Å². The van der Waals surface area contributed by atoms with Crippen LogP contribution in [0.15, 0.2) is 35.7 Å². The molecule has 300 valence electrons. The van der Waals surface area contributed by atoms with E-state index < -0.39 is 65.7 Å². The number of carboxylic acid groups (broad SMARTS) is 1. The van der Waals surface area contributed by atoms with Gasteiger partial charge in [-0.05, 0) is 70.3 Å². The average Bonchev–Trinajstić information content (AvgIpc) is 3.62. The molecule has 1 unspecified atom stereocenters. The molecule has 4 N–H and O–H groups in total. The van der Waals surface area contributed by atoms with Gasteiger partial charge in [0.1, 0.15) is 34.5 Å². The van der Waals surface area contributed by atoms with Gasteiger partial charge in [0.25, 0.3) is 5.91 Å². The monoisotopic (exact) mass is 771 g/mol. The first-order valence-electron chi connectivity index (χ1n) is 19.1. The first kappa shape index (κ1) is 44.4. The van der Waals surface area contributed by atoms with Gasteiger partial charge in [0.15, 0.2) is 0 Å². The first-order valence-corrected chi connectivity index (χ1v) is 20.0. The third-order valence-electron chi connectivity index (χ3n) is 10.0. The maximum atomic E-state index is 14.2. The molecule has 2 heterocycles. The summed E-state index contributed by atoms with van der Waals surface area (Å²) in [7, 11) is 1.67. The first-order chi connectivity index (χ1) is 25.3. The zero-order chi connectivity index (χ0) is 40.3. The minimum Gasteiger partial charge on any atom is -0.481 e. The van der Waals surface area contributed by atoms with Gasteiger partial charge in [-0.25, -0.2) is 9.78 Å². The van der Waals surface area contributed by atoms with Crippen LogP contribution in [0.4, 0.5) is 4.79 Å². The number of hydrogen-bond acceptors (Lipinski definition) is 9. The van der Waals surface area contributed by atoms with Crippen LogP contribution in [0.5, 0.6) is 0 Å². The number of thiazole rings is 1. The van der Waals surface area contributed by atoms with Crippen LogP contribution in [-0.2, 0) is 25.5 Å². The Morgan fingerprint density at radius 3 is 2.30 bits per heavy atom. The van der Waals surface area contributed by atoms with E-state index in [1.54, 1.807) is 45.0 Å². The number of hydrogen-bond donors (Lipinski definition) is 4. The Labute approximate surface area is 324 Å². The van der Waals surface area contributed by atoms with E-state index in [9.17, 15) is 34.2 Å². The standard InChI is InChI=1S/C40H61N5O8S/c1-10-25(4)33(43-35(48)30-18-14-15-19-45(30)39(52)53-40(6,7)8)37(49)44(9)31(24(2)3)22-32(46)36-42-29(23-54-36)34(47)41-28(20-26(5)38(50)51)21-27-16-12-11-13-17-27/h11-13,16-17,23-26,28,30-33,46H,10,14-15,18-22H2,1-9H3,(H,41,47)(H,43,48)(H,50,51)/t25-,26-,28+,30?,31+,32+,33-/m0/s1. The van der Waals surface area contributed by atoms with Crippen LogP contribution >= 0.6 is 11.3 Å². The second kappa shape index (κ2) is 20.0. The fourth-order valence-corrected chi connectivity index (χ4v) is 7.49. The highest BCUT2D eigenvalue weighted by Crippen LogP contribution is 2.29. The van der Waals surface area contributed by atoms with Crippen molar-refractivity contribution in [3.8, 4) is 0 Å². The molecule has 1 aromatic heterocycles. The van der Waals surface area contributed by atoms with Gasteiger partial charge in [-0.2, -0.15) is 0 Å². The number of likely N-dealkylation sites (N-methyl/N-ethyl adjacent to an activating group) is 1. The molecule has 0 saturated carbocycles. The predicted octanol–water partition coefficient (Wildman–Crippen LogP) is 5.82. The van der Waals surface area contributed by atoms with Crippen molar-refractivity contribution in [2.75, 3.05) is 13.6 Å².